The molecule has 29 heavy (non-hydrogen) atoms. The van der Waals surface area contributed by atoms with E-state index in [-0.39, 0.29) is 12.5 Å². The van der Waals surface area contributed by atoms with E-state index in [4.69, 9.17) is 4.74 Å². The molecule has 1 aliphatic heterocycles. The van der Waals surface area contributed by atoms with Gasteiger partial charge in [-0.15, -0.1) is 10.2 Å². The van der Waals surface area contributed by atoms with Gasteiger partial charge in [0, 0.05) is 18.7 Å². The van der Waals surface area contributed by atoms with Crippen LogP contribution in [0, 0.1) is 5.92 Å². The smallest absolute Gasteiger partial charge is 0.246 e. The summed E-state index contributed by atoms with van der Waals surface area (Å²) in [5, 5.41) is 12.4. The third-order valence-electron chi connectivity index (χ3n) is 5.43. The van der Waals surface area contributed by atoms with Crippen molar-refractivity contribution in [2.24, 2.45) is 5.92 Å². The van der Waals surface area contributed by atoms with Crippen molar-refractivity contribution in [1.29, 1.82) is 0 Å². The topological polar surface area (TPSA) is 73.1 Å². The van der Waals surface area contributed by atoms with Crippen LogP contribution in [0.3, 0.4) is 0 Å². The van der Waals surface area contributed by atoms with Crippen LogP contribution < -0.4 is 4.74 Å². The number of amides is 1. The van der Waals surface area contributed by atoms with Gasteiger partial charge in [-0.2, -0.15) is 4.80 Å². The number of aromatic nitrogens is 4. The Balaban J connectivity index is 1.30. The second-order valence-corrected chi connectivity index (χ2v) is 7.35. The number of carbonyl (C=O) groups excluding carboxylic acids is 1. The molecular formula is C22H25N5O2. The van der Waals surface area contributed by atoms with Crippen LogP contribution in [-0.2, 0) is 17.8 Å². The number of tetrazole rings is 1. The van der Waals surface area contributed by atoms with Crippen molar-refractivity contribution in [3.63, 3.8) is 0 Å². The highest BCUT2D eigenvalue weighted by Gasteiger charge is 2.24. The molecule has 2 heterocycles. The average molecular weight is 391 g/mol. The Hall–Kier alpha value is -3.22. The number of carbonyl (C=O) groups is 1. The van der Waals surface area contributed by atoms with Crippen molar-refractivity contribution in [3.05, 3.63) is 60.2 Å². The van der Waals surface area contributed by atoms with Gasteiger partial charge in [-0.05, 0) is 42.0 Å². The number of para-hydroxylation sites is 1. The maximum Gasteiger partial charge on any atom is 0.246 e. The minimum absolute atomic E-state index is 0.0396. The number of rotatable bonds is 6. The lowest BCUT2D eigenvalue weighted by Crippen LogP contribution is -2.40. The zero-order valence-electron chi connectivity index (χ0n) is 16.6. The normalized spacial score (nSPS) is 14.7. The Morgan fingerprint density at radius 2 is 1.79 bits per heavy atom. The predicted molar refractivity (Wildman–Crippen MR) is 109 cm³/mol. The largest absolute Gasteiger partial charge is 0.496 e. The van der Waals surface area contributed by atoms with Gasteiger partial charge in [-0.1, -0.05) is 48.5 Å². The summed E-state index contributed by atoms with van der Waals surface area (Å²) in [6.45, 7) is 1.65. The lowest BCUT2D eigenvalue weighted by Gasteiger charge is -2.32. The van der Waals surface area contributed by atoms with Crippen LogP contribution >= 0.6 is 0 Å². The predicted octanol–water partition coefficient (Wildman–Crippen LogP) is 2.83. The highest BCUT2D eigenvalue weighted by atomic mass is 16.5. The Bertz CT molecular complexity index is 949. The van der Waals surface area contributed by atoms with E-state index < -0.39 is 0 Å². The molecule has 1 aliphatic rings. The summed E-state index contributed by atoms with van der Waals surface area (Å²) in [5.74, 6) is 2.08. The van der Waals surface area contributed by atoms with Crippen LogP contribution in [-0.4, -0.2) is 51.2 Å². The van der Waals surface area contributed by atoms with Crippen LogP contribution in [0.1, 0.15) is 18.4 Å². The molecule has 3 aromatic rings. The van der Waals surface area contributed by atoms with Crippen molar-refractivity contribution in [3.8, 4) is 17.1 Å². The van der Waals surface area contributed by atoms with E-state index in [2.05, 4.69) is 21.5 Å². The Kier molecular flexibility index (Phi) is 5.84. The third-order valence-corrected chi connectivity index (χ3v) is 5.43. The van der Waals surface area contributed by atoms with Crippen molar-refractivity contribution < 1.29 is 9.53 Å². The van der Waals surface area contributed by atoms with Crippen molar-refractivity contribution >= 4 is 5.91 Å². The third kappa shape index (κ3) is 4.62. The van der Waals surface area contributed by atoms with E-state index in [1.807, 2.05) is 53.4 Å². The second-order valence-electron chi connectivity index (χ2n) is 7.35. The minimum Gasteiger partial charge on any atom is -0.496 e. The fraction of sp³-hybridized carbons (Fsp3) is 0.364. The molecule has 4 rings (SSSR count). The molecular weight excluding hydrogens is 366 g/mol. The molecule has 0 spiro atoms. The standard InChI is InChI=1S/C22H25N5O2/c1-29-20-10-6-5-9-19(20)15-17-11-13-26(14-12-17)21(28)16-27-24-22(23-25-27)18-7-3-2-4-8-18/h2-10,17H,11-16H2,1H3. The maximum atomic E-state index is 12.7. The van der Waals surface area contributed by atoms with Gasteiger partial charge in [0.1, 0.15) is 12.3 Å². The summed E-state index contributed by atoms with van der Waals surface area (Å²) in [6.07, 6.45) is 2.96. The monoisotopic (exact) mass is 391 g/mol. The van der Waals surface area contributed by atoms with Crippen molar-refractivity contribution in [2.75, 3.05) is 20.2 Å². The van der Waals surface area contributed by atoms with Gasteiger partial charge in [0.05, 0.1) is 7.11 Å². The van der Waals surface area contributed by atoms with Crippen molar-refractivity contribution in [2.45, 2.75) is 25.8 Å². The summed E-state index contributed by atoms with van der Waals surface area (Å²) in [7, 11) is 1.71. The first-order chi connectivity index (χ1) is 14.2. The zero-order chi connectivity index (χ0) is 20.1. The summed E-state index contributed by atoms with van der Waals surface area (Å²) in [4.78, 5) is 15.9. The fourth-order valence-electron chi connectivity index (χ4n) is 3.80. The number of nitrogens with zero attached hydrogens (tertiary/aromatic N) is 5. The first-order valence-electron chi connectivity index (χ1n) is 9.96. The molecule has 1 aromatic heterocycles. The van der Waals surface area contributed by atoms with E-state index in [0.717, 1.165) is 43.7 Å². The number of likely N-dealkylation sites (tertiary alicyclic amines) is 1. The number of hydrogen-bond donors (Lipinski definition) is 0. The van der Waals surface area contributed by atoms with Gasteiger partial charge < -0.3 is 9.64 Å². The van der Waals surface area contributed by atoms with Gasteiger partial charge in [0.15, 0.2) is 0 Å². The highest BCUT2D eigenvalue weighted by molar-refractivity contribution is 5.75. The van der Waals surface area contributed by atoms with Gasteiger partial charge in [0.2, 0.25) is 11.7 Å². The molecule has 1 saturated heterocycles. The lowest BCUT2D eigenvalue weighted by atomic mass is 9.90. The maximum absolute atomic E-state index is 12.7. The number of benzene rings is 2. The molecule has 7 heteroatoms. The fourth-order valence-corrected chi connectivity index (χ4v) is 3.80. The summed E-state index contributed by atoms with van der Waals surface area (Å²) >= 11 is 0. The first kappa shape index (κ1) is 19.1. The molecule has 1 fully saturated rings. The summed E-state index contributed by atoms with van der Waals surface area (Å²) in [5.41, 5.74) is 2.13. The molecule has 0 bridgehead atoms. The van der Waals surface area contributed by atoms with Gasteiger partial charge >= 0.3 is 0 Å². The van der Waals surface area contributed by atoms with E-state index in [1.54, 1.807) is 7.11 Å². The Morgan fingerprint density at radius 3 is 2.55 bits per heavy atom. The number of hydrogen-bond acceptors (Lipinski definition) is 5. The molecule has 0 saturated carbocycles. The Labute approximate surface area is 170 Å². The summed E-state index contributed by atoms with van der Waals surface area (Å²) in [6, 6.07) is 17.8. The molecule has 0 unspecified atom stereocenters. The number of piperidine rings is 1. The molecule has 0 aliphatic carbocycles. The number of ether oxygens (including phenoxy) is 1. The Morgan fingerprint density at radius 1 is 1.07 bits per heavy atom. The van der Waals surface area contributed by atoms with Crippen LogP contribution in [0.25, 0.3) is 11.4 Å². The molecule has 0 atom stereocenters. The van der Waals surface area contributed by atoms with E-state index in [9.17, 15) is 4.79 Å². The first-order valence-corrected chi connectivity index (χ1v) is 9.96. The molecule has 7 nitrogen and oxygen atoms in total. The lowest BCUT2D eigenvalue weighted by molar-refractivity contribution is -0.133. The average Bonchev–Trinajstić information content (AvgIpc) is 3.24. The molecule has 150 valence electrons. The van der Waals surface area contributed by atoms with E-state index in [1.165, 1.54) is 10.4 Å². The second kappa shape index (κ2) is 8.86. The SMILES string of the molecule is COc1ccccc1CC1CCN(C(=O)Cn2nnc(-c3ccccc3)n2)CC1. The van der Waals surface area contributed by atoms with Crippen LogP contribution in [0.15, 0.2) is 54.6 Å². The van der Waals surface area contributed by atoms with Gasteiger partial charge in [-0.25, -0.2) is 0 Å². The highest BCUT2D eigenvalue weighted by Crippen LogP contribution is 2.26. The molecule has 0 radical (unpaired) electrons. The molecule has 1 amide bonds. The summed E-state index contributed by atoms with van der Waals surface area (Å²) < 4.78 is 5.46. The number of methoxy groups -OCH3 is 1. The quantitative estimate of drug-likeness (QED) is 0.646. The van der Waals surface area contributed by atoms with Gasteiger partial charge in [0.25, 0.3) is 0 Å². The van der Waals surface area contributed by atoms with Crippen LogP contribution in [0.2, 0.25) is 0 Å². The zero-order valence-corrected chi connectivity index (χ0v) is 16.6. The van der Waals surface area contributed by atoms with E-state index in [0.29, 0.717) is 11.7 Å². The van der Waals surface area contributed by atoms with Crippen LogP contribution in [0.4, 0.5) is 0 Å². The molecule has 0 N–H and O–H groups in total. The minimum atomic E-state index is 0.0396. The van der Waals surface area contributed by atoms with E-state index >= 15 is 0 Å². The van der Waals surface area contributed by atoms with Crippen LogP contribution in [0.5, 0.6) is 5.75 Å². The van der Waals surface area contributed by atoms with Crippen molar-refractivity contribution in [1.82, 2.24) is 25.1 Å². The molecule has 2 aromatic carbocycles. The van der Waals surface area contributed by atoms with Gasteiger partial charge in [-0.3, -0.25) is 4.79 Å².